The highest BCUT2D eigenvalue weighted by Crippen LogP contribution is 2.14. The largest absolute Gasteiger partial charge is 0.279 e. The summed E-state index contributed by atoms with van der Waals surface area (Å²) in [6, 6.07) is 5.92. The van der Waals surface area contributed by atoms with Crippen molar-refractivity contribution >= 4 is 18.1 Å². The molecule has 0 aliphatic carbocycles. The number of nitro groups is 1. The van der Waals surface area contributed by atoms with Gasteiger partial charge in [-0.25, -0.2) is 0 Å². The summed E-state index contributed by atoms with van der Waals surface area (Å²) in [5.74, 6) is 0. The lowest BCUT2D eigenvalue weighted by Gasteiger charge is -1.96. The zero-order valence-electron chi connectivity index (χ0n) is 6.23. The number of nitrogens with zero attached hydrogens (tertiary/aromatic N) is 2. The Morgan fingerprint density at radius 2 is 2.00 bits per heavy atom. The Labute approximate surface area is 68.9 Å². The van der Waals surface area contributed by atoms with Gasteiger partial charge in [-0.05, 0) is 12.1 Å². The van der Waals surface area contributed by atoms with E-state index in [0.29, 0.717) is 5.69 Å². The Balaban J connectivity index is 2.85. The highest BCUT2D eigenvalue weighted by Gasteiger charge is 2.02. The minimum absolute atomic E-state index is 0.0598. The van der Waals surface area contributed by atoms with E-state index in [4.69, 9.17) is 0 Å². The topological polar surface area (TPSA) is 67.5 Å². The van der Waals surface area contributed by atoms with E-state index in [2.05, 4.69) is 17.2 Å². The van der Waals surface area contributed by atoms with Gasteiger partial charge in [-0.2, -0.15) is 5.10 Å². The molecule has 0 aliphatic rings. The number of anilines is 1. The molecule has 0 spiro atoms. The lowest BCUT2D eigenvalue weighted by molar-refractivity contribution is -0.384. The second-order valence-electron chi connectivity index (χ2n) is 2.07. The summed E-state index contributed by atoms with van der Waals surface area (Å²) in [4.78, 5) is 9.77. The fourth-order valence-electron chi connectivity index (χ4n) is 0.749. The summed E-state index contributed by atoms with van der Waals surface area (Å²) < 4.78 is 0. The van der Waals surface area contributed by atoms with Gasteiger partial charge in [-0.1, -0.05) is 0 Å². The maximum absolute atomic E-state index is 10.2. The van der Waals surface area contributed by atoms with Crippen LogP contribution in [0.5, 0.6) is 0 Å². The van der Waals surface area contributed by atoms with Gasteiger partial charge in [0.15, 0.2) is 0 Å². The summed E-state index contributed by atoms with van der Waals surface area (Å²) in [6.45, 7) is 3.22. The fraction of sp³-hybridized carbons (Fsp3) is 0. The molecule has 1 N–H and O–H groups in total. The van der Waals surface area contributed by atoms with Gasteiger partial charge >= 0.3 is 0 Å². The molecule has 1 aromatic carbocycles. The second-order valence-corrected chi connectivity index (χ2v) is 2.07. The van der Waals surface area contributed by atoms with Crippen LogP contribution in [0.15, 0.2) is 29.4 Å². The summed E-state index contributed by atoms with van der Waals surface area (Å²) >= 11 is 0. The second kappa shape index (κ2) is 3.47. The van der Waals surface area contributed by atoms with Crippen LogP contribution >= 0.6 is 0 Å². The molecule has 5 heteroatoms. The molecule has 0 heterocycles. The number of non-ortho nitro benzene ring substituents is 1. The van der Waals surface area contributed by atoms with Crippen LogP contribution in [0.1, 0.15) is 0 Å². The van der Waals surface area contributed by atoms with E-state index in [1.807, 2.05) is 0 Å². The molecule has 12 heavy (non-hydrogen) atoms. The molecule has 0 amide bonds. The number of benzene rings is 1. The van der Waals surface area contributed by atoms with E-state index >= 15 is 0 Å². The van der Waals surface area contributed by atoms with E-state index in [9.17, 15) is 10.1 Å². The van der Waals surface area contributed by atoms with E-state index in [0.717, 1.165) is 0 Å². The number of rotatable bonds is 3. The first kappa shape index (κ1) is 8.19. The fourth-order valence-corrected chi connectivity index (χ4v) is 0.749. The molecule has 0 saturated heterocycles. The monoisotopic (exact) mass is 165 g/mol. The molecule has 5 nitrogen and oxygen atoms in total. The van der Waals surface area contributed by atoms with Crippen molar-refractivity contribution in [2.45, 2.75) is 0 Å². The molecule has 0 bridgehead atoms. The van der Waals surface area contributed by atoms with E-state index < -0.39 is 4.92 Å². The third-order valence-corrected chi connectivity index (χ3v) is 1.29. The molecule has 0 aliphatic heterocycles. The molecule has 0 unspecified atom stereocenters. The Hall–Kier alpha value is -1.91. The minimum atomic E-state index is -0.453. The van der Waals surface area contributed by atoms with Crippen LogP contribution in [-0.4, -0.2) is 11.6 Å². The lowest BCUT2D eigenvalue weighted by atomic mass is 10.3. The molecule has 0 atom stereocenters. The number of hydrazone groups is 1. The maximum Gasteiger partial charge on any atom is 0.269 e. The first-order chi connectivity index (χ1) is 5.74. The van der Waals surface area contributed by atoms with Crippen molar-refractivity contribution in [3.05, 3.63) is 34.4 Å². The van der Waals surface area contributed by atoms with Gasteiger partial charge in [0.05, 0.1) is 10.6 Å². The number of hydrogen-bond acceptors (Lipinski definition) is 4. The average Bonchev–Trinajstić information content (AvgIpc) is 2.06. The van der Waals surface area contributed by atoms with Crippen LogP contribution in [0.4, 0.5) is 11.4 Å². The molecular weight excluding hydrogens is 158 g/mol. The lowest BCUT2D eigenvalue weighted by Crippen LogP contribution is -1.89. The van der Waals surface area contributed by atoms with Gasteiger partial charge in [-0.15, -0.1) is 0 Å². The highest BCUT2D eigenvalue weighted by molar-refractivity contribution is 5.49. The Morgan fingerprint density at radius 3 is 2.42 bits per heavy atom. The summed E-state index contributed by atoms with van der Waals surface area (Å²) in [5.41, 5.74) is 3.30. The molecule has 1 rings (SSSR count). The average molecular weight is 165 g/mol. The van der Waals surface area contributed by atoms with Gasteiger partial charge < -0.3 is 0 Å². The zero-order valence-corrected chi connectivity index (χ0v) is 6.23. The predicted octanol–water partition coefficient (Wildman–Crippen LogP) is 1.62. The van der Waals surface area contributed by atoms with Crippen molar-refractivity contribution in [3.8, 4) is 0 Å². The highest BCUT2D eigenvalue weighted by atomic mass is 16.6. The van der Waals surface area contributed by atoms with Crippen LogP contribution in [0.3, 0.4) is 0 Å². The molecular formula is C7H7N3O2. The number of nitrogens with one attached hydrogen (secondary N) is 1. The van der Waals surface area contributed by atoms with Crippen molar-refractivity contribution < 1.29 is 4.92 Å². The molecule has 0 saturated carbocycles. The first-order valence-corrected chi connectivity index (χ1v) is 3.20. The van der Waals surface area contributed by atoms with Crippen molar-refractivity contribution in [1.29, 1.82) is 0 Å². The van der Waals surface area contributed by atoms with Gasteiger partial charge in [0.25, 0.3) is 5.69 Å². The number of hydrogen-bond donors (Lipinski definition) is 1. The van der Waals surface area contributed by atoms with Gasteiger partial charge in [-0.3, -0.25) is 15.5 Å². The quantitative estimate of drug-likeness (QED) is 0.420. The molecule has 1 aromatic rings. The van der Waals surface area contributed by atoms with E-state index in [-0.39, 0.29) is 5.69 Å². The number of nitro benzene ring substituents is 1. The van der Waals surface area contributed by atoms with Crippen LogP contribution in [0, 0.1) is 10.1 Å². The van der Waals surface area contributed by atoms with E-state index in [1.165, 1.54) is 12.1 Å². The molecule has 0 fully saturated rings. The van der Waals surface area contributed by atoms with E-state index in [1.54, 1.807) is 12.1 Å². The minimum Gasteiger partial charge on any atom is -0.279 e. The summed E-state index contributed by atoms with van der Waals surface area (Å²) in [7, 11) is 0. The molecule has 62 valence electrons. The van der Waals surface area contributed by atoms with Crippen LogP contribution in [-0.2, 0) is 0 Å². The van der Waals surface area contributed by atoms with Gasteiger partial charge in [0, 0.05) is 18.9 Å². The van der Waals surface area contributed by atoms with Crippen LogP contribution in [0.2, 0.25) is 0 Å². The summed E-state index contributed by atoms with van der Waals surface area (Å²) in [5, 5.41) is 13.6. The van der Waals surface area contributed by atoms with Gasteiger partial charge in [0.1, 0.15) is 0 Å². The predicted molar refractivity (Wildman–Crippen MR) is 46.3 cm³/mol. The standard InChI is InChI=1S/C7H7N3O2/c1-8-9-6-2-4-7(5-3-6)10(11)12/h2-5,9H,1H2. The van der Waals surface area contributed by atoms with Crippen molar-refractivity contribution in [3.63, 3.8) is 0 Å². The first-order valence-electron chi connectivity index (χ1n) is 3.20. The molecule has 0 radical (unpaired) electrons. The van der Waals surface area contributed by atoms with Crippen molar-refractivity contribution in [2.24, 2.45) is 5.10 Å². The smallest absolute Gasteiger partial charge is 0.269 e. The van der Waals surface area contributed by atoms with Crippen molar-refractivity contribution in [2.75, 3.05) is 5.43 Å². The van der Waals surface area contributed by atoms with Crippen LogP contribution < -0.4 is 5.43 Å². The van der Waals surface area contributed by atoms with Crippen LogP contribution in [0.25, 0.3) is 0 Å². The van der Waals surface area contributed by atoms with Crippen molar-refractivity contribution in [1.82, 2.24) is 0 Å². The third kappa shape index (κ3) is 1.79. The SMILES string of the molecule is C=NNc1ccc([N+](=O)[O-])cc1. The molecule has 0 aromatic heterocycles. The Morgan fingerprint density at radius 1 is 1.42 bits per heavy atom. The summed E-state index contributed by atoms with van der Waals surface area (Å²) in [6.07, 6.45) is 0. The third-order valence-electron chi connectivity index (χ3n) is 1.29. The Kier molecular flexibility index (Phi) is 2.37. The Bertz CT molecular complexity index is 294. The van der Waals surface area contributed by atoms with Gasteiger partial charge in [0.2, 0.25) is 0 Å². The maximum atomic E-state index is 10.2. The zero-order chi connectivity index (χ0) is 8.97. The normalized spacial score (nSPS) is 9.00.